The molecule has 1 rings (SSSR count). The van der Waals surface area contributed by atoms with Crippen molar-refractivity contribution in [3.05, 3.63) is 10.1 Å². The highest BCUT2D eigenvalue weighted by molar-refractivity contribution is 4.92. The Hall–Kier alpha value is -0.880. The van der Waals surface area contributed by atoms with Gasteiger partial charge in [-0.15, -0.1) is 20.4 Å². The predicted molar refractivity (Wildman–Crippen MR) is 61.0 cm³/mol. The summed E-state index contributed by atoms with van der Waals surface area (Å²) in [5.41, 5.74) is -0.933. The Morgan fingerprint density at radius 2 is 1.94 bits per heavy atom. The Morgan fingerprint density at radius 3 is 2.47 bits per heavy atom. The van der Waals surface area contributed by atoms with Crippen LogP contribution in [0.3, 0.4) is 0 Å². The SMILES string of the molecule is CC1(C)CCC(CO[N+](=O)[O-])CC(C)(C)N1[O]. The van der Waals surface area contributed by atoms with E-state index in [2.05, 4.69) is 4.84 Å². The third kappa shape index (κ3) is 3.54. The van der Waals surface area contributed by atoms with Gasteiger partial charge in [0, 0.05) is 11.1 Å². The minimum atomic E-state index is -0.766. The van der Waals surface area contributed by atoms with E-state index in [0.717, 1.165) is 17.9 Å². The van der Waals surface area contributed by atoms with E-state index in [9.17, 15) is 15.3 Å². The molecule has 1 aliphatic heterocycles. The summed E-state index contributed by atoms with van der Waals surface area (Å²) in [5.74, 6) is 0.0635. The zero-order valence-corrected chi connectivity index (χ0v) is 10.9. The van der Waals surface area contributed by atoms with E-state index in [-0.39, 0.29) is 12.5 Å². The second-order valence-corrected chi connectivity index (χ2v) is 6.05. The standard InChI is InChI=1S/C11H21N2O4/c1-10(2)6-5-9(8-17-13(15)16)7-11(3,4)12(10)14/h9H,5-8H2,1-4H3. The van der Waals surface area contributed by atoms with Gasteiger partial charge in [-0.05, 0) is 52.9 Å². The third-order valence-electron chi connectivity index (χ3n) is 3.47. The minimum absolute atomic E-state index is 0.0635. The highest BCUT2D eigenvalue weighted by Gasteiger charge is 2.43. The van der Waals surface area contributed by atoms with Gasteiger partial charge >= 0.3 is 0 Å². The topological polar surface area (TPSA) is 75.5 Å². The summed E-state index contributed by atoms with van der Waals surface area (Å²) in [5, 5.41) is 22.8. The molecule has 0 aromatic rings. The molecule has 0 amide bonds. The largest absolute Gasteiger partial charge is 0.314 e. The van der Waals surface area contributed by atoms with Crippen molar-refractivity contribution in [2.45, 2.75) is 58.0 Å². The molecule has 6 nitrogen and oxygen atoms in total. The maximum atomic E-state index is 12.2. The highest BCUT2D eigenvalue weighted by atomic mass is 16.9. The van der Waals surface area contributed by atoms with E-state index in [4.69, 9.17) is 0 Å². The van der Waals surface area contributed by atoms with Gasteiger partial charge in [0.25, 0.3) is 5.09 Å². The minimum Gasteiger partial charge on any atom is -0.314 e. The van der Waals surface area contributed by atoms with E-state index >= 15 is 0 Å². The van der Waals surface area contributed by atoms with Gasteiger partial charge in [0.1, 0.15) is 0 Å². The van der Waals surface area contributed by atoms with Crippen molar-refractivity contribution in [2.24, 2.45) is 5.92 Å². The van der Waals surface area contributed by atoms with Crippen LogP contribution in [0.15, 0.2) is 0 Å². The molecule has 0 aliphatic carbocycles. The second kappa shape index (κ2) is 4.78. The van der Waals surface area contributed by atoms with Crippen LogP contribution in [0.2, 0.25) is 0 Å². The zero-order chi connectivity index (χ0) is 13.3. The lowest BCUT2D eigenvalue weighted by molar-refractivity contribution is -0.759. The molecular weight excluding hydrogens is 224 g/mol. The van der Waals surface area contributed by atoms with Gasteiger partial charge < -0.3 is 4.84 Å². The summed E-state index contributed by atoms with van der Waals surface area (Å²) >= 11 is 0. The first-order valence-electron chi connectivity index (χ1n) is 5.90. The number of hydrogen-bond acceptors (Lipinski definition) is 4. The number of hydrogen-bond donors (Lipinski definition) is 0. The molecule has 1 saturated heterocycles. The van der Waals surface area contributed by atoms with E-state index in [0.29, 0.717) is 6.42 Å². The number of rotatable bonds is 3. The van der Waals surface area contributed by atoms with E-state index in [1.165, 1.54) is 0 Å². The second-order valence-electron chi connectivity index (χ2n) is 6.05. The molecule has 1 atom stereocenters. The Kier molecular flexibility index (Phi) is 3.99. The average Bonchev–Trinajstić information content (AvgIpc) is 2.26. The average molecular weight is 245 g/mol. The summed E-state index contributed by atoms with van der Waals surface area (Å²) in [7, 11) is 0. The maximum Gasteiger partial charge on any atom is 0.294 e. The molecular formula is C11H21N2O4. The van der Waals surface area contributed by atoms with Crippen LogP contribution >= 0.6 is 0 Å². The van der Waals surface area contributed by atoms with Crippen molar-refractivity contribution < 1.29 is 15.1 Å². The summed E-state index contributed by atoms with van der Waals surface area (Å²) in [6, 6.07) is 0. The van der Waals surface area contributed by atoms with Gasteiger partial charge in [-0.1, -0.05) is 0 Å². The monoisotopic (exact) mass is 245 g/mol. The fourth-order valence-electron chi connectivity index (χ4n) is 2.68. The van der Waals surface area contributed by atoms with Crippen molar-refractivity contribution in [1.29, 1.82) is 0 Å². The molecule has 1 fully saturated rings. The van der Waals surface area contributed by atoms with Gasteiger partial charge in [0.15, 0.2) is 0 Å². The first kappa shape index (κ1) is 14.2. The van der Waals surface area contributed by atoms with Crippen LogP contribution < -0.4 is 0 Å². The molecule has 1 unspecified atom stereocenters. The molecule has 0 aromatic heterocycles. The quantitative estimate of drug-likeness (QED) is 0.564. The molecule has 0 bridgehead atoms. The maximum absolute atomic E-state index is 12.2. The van der Waals surface area contributed by atoms with E-state index < -0.39 is 16.2 Å². The van der Waals surface area contributed by atoms with Crippen LogP contribution in [0, 0.1) is 16.0 Å². The Balaban J connectivity index is 2.71. The smallest absolute Gasteiger partial charge is 0.294 e. The predicted octanol–water partition coefficient (Wildman–Crippen LogP) is 2.20. The Bertz CT molecular complexity index is 291. The molecule has 0 aromatic carbocycles. The molecule has 6 heteroatoms. The zero-order valence-electron chi connectivity index (χ0n) is 10.9. The Labute approximate surface area is 102 Å². The molecule has 0 N–H and O–H groups in total. The van der Waals surface area contributed by atoms with Crippen LogP contribution in [0.1, 0.15) is 47.0 Å². The van der Waals surface area contributed by atoms with Crippen LogP contribution in [-0.2, 0) is 10.0 Å². The van der Waals surface area contributed by atoms with E-state index in [1.54, 1.807) is 0 Å². The Morgan fingerprint density at radius 1 is 1.35 bits per heavy atom. The molecule has 1 heterocycles. The molecule has 99 valence electrons. The van der Waals surface area contributed by atoms with E-state index in [1.807, 2.05) is 27.7 Å². The van der Waals surface area contributed by atoms with Crippen LogP contribution in [0.4, 0.5) is 0 Å². The number of nitrogens with zero attached hydrogens (tertiary/aromatic N) is 2. The van der Waals surface area contributed by atoms with Gasteiger partial charge in [-0.3, -0.25) is 0 Å². The van der Waals surface area contributed by atoms with Crippen molar-refractivity contribution in [1.82, 2.24) is 5.06 Å². The summed E-state index contributed by atoms with van der Waals surface area (Å²) in [6.07, 6.45) is 2.13. The van der Waals surface area contributed by atoms with Crippen LogP contribution in [0.25, 0.3) is 0 Å². The molecule has 1 aliphatic rings. The third-order valence-corrected chi connectivity index (χ3v) is 3.47. The van der Waals surface area contributed by atoms with Crippen molar-refractivity contribution in [2.75, 3.05) is 6.61 Å². The van der Waals surface area contributed by atoms with Crippen molar-refractivity contribution in [3.8, 4) is 0 Å². The lowest BCUT2D eigenvalue weighted by Gasteiger charge is -2.40. The summed E-state index contributed by atoms with van der Waals surface area (Å²) in [4.78, 5) is 14.6. The van der Waals surface area contributed by atoms with Crippen molar-refractivity contribution in [3.63, 3.8) is 0 Å². The fourth-order valence-corrected chi connectivity index (χ4v) is 2.68. The van der Waals surface area contributed by atoms with Gasteiger partial charge in [-0.2, -0.15) is 0 Å². The lowest BCUT2D eigenvalue weighted by Crippen LogP contribution is -2.51. The fraction of sp³-hybridized carbons (Fsp3) is 1.00. The molecule has 1 radical (unpaired) electrons. The van der Waals surface area contributed by atoms with Gasteiger partial charge in [0.05, 0.1) is 6.61 Å². The van der Waals surface area contributed by atoms with Crippen molar-refractivity contribution >= 4 is 0 Å². The molecule has 0 spiro atoms. The lowest BCUT2D eigenvalue weighted by atomic mass is 9.90. The molecule has 0 saturated carbocycles. The highest BCUT2D eigenvalue weighted by Crippen LogP contribution is 2.37. The molecule has 17 heavy (non-hydrogen) atoms. The summed E-state index contributed by atoms with van der Waals surface area (Å²) in [6.45, 7) is 7.68. The summed E-state index contributed by atoms with van der Waals surface area (Å²) < 4.78 is 0. The normalized spacial score (nSPS) is 28.4. The van der Waals surface area contributed by atoms with Gasteiger partial charge in [-0.25, -0.2) is 0 Å². The first-order valence-corrected chi connectivity index (χ1v) is 5.90. The van der Waals surface area contributed by atoms with Crippen LogP contribution in [0.5, 0.6) is 0 Å². The number of hydroxylamine groups is 2. The van der Waals surface area contributed by atoms with Crippen LogP contribution in [-0.4, -0.2) is 27.8 Å². The first-order chi connectivity index (χ1) is 7.65. The van der Waals surface area contributed by atoms with Gasteiger partial charge in [0.2, 0.25) is 0 Å².